The number of halogens is 4. The van der Waals surface area contributed by atoms with E-state index in [-0.39, 0.29) is 12.3 Å². The molecule has 0 saturated heterocycles. The Morgan fingerprint density at radius 3 is 2.39 bits per heavy atom. The van der Waals surface area contributed by atoms with Crippen molar-refractivity contribution in [2.45, 2.75) is 18.9 Å². The van der Waals surface area contributed by atoms with E-state index in [1.54, 1.807) is 0 Å². The maximum absolute atomic E-state index is 13.0. The molecule has 0 aromatic heterocycles. The van der Waals surface area contributed by atoms with Crippen molar-refractivity contribution >= 4 is 37.8 Å². The van der Waals surface area contributed by atoms with Crippen LogP contribution in [-0.2, 0) is 11.2 Å². The Kier molecular flexibility index (Phi) is 5.72. The van der Waals surface area contributed by atoms with E-state index in [0.29, 0.717) is 16.2 Å². The SMILES string of the molecule is CC(CBr)(CBr)NC(=O)Cc1ccc(F)c(F)c1. The molecule has 6 heteroatoms. The van der Waals surface area contributed by atoms with E-state index >= 15 is 0 Å². The summed E-state index contributed by atoms with van der Waals surface area (Å²) in [5.74, 6) is -2.09. The van der Waals surface area contributed by atoms with Crippen LogP contribution in [0.3, 0.4) is 0 Å². The van der Waals surface area contributed by atoms with E-state index in [1.807, 2.05) is 6.92 Å². The molecule has 0 atom stereocenters. The Labute approximate surface area is 121 Å². The molecule has 1 N–H and O–H groups in total. The highest BCUT2D eigenvalue weighted by molar-refractivity contribution is 9.09. The number of alkyl halides is 2. The van der Waals surface area contributed by atoms with Crippen LogP contribution in [0.2, 0.25) is 0 Å². The molecule has 0 spiro atoms. The average Bonchev–Trinajstić information content (AvgIpc) is 2.33. The topological polar surface area (TPSA) is 29.1 Å². The third kappa shape index (κ3) is 4.31. The summed E-state index contributed by atoms with van der Waals surface area (Å²) < 4.78 is 25.7. The van der Waals surface area contributed by atoms with E-state index < -0.39 is 17.2 Å². The molecular weight excluding hydrogens is 372 g/mol. The van der Waals surface area contributed by atoms with Crippen molar-refractivity contribution in [3.05, 3.63) is 35.4 Å². The Morgan fingerprint density at radius 2 is 1.89 bits per heavy atom. The van der Waals surface area contributed by atoms with Gasteiger partial charge in [0.15, 0.2) is 11.6 Å². The second-order valence-corrected chi connectivity index (χ2v) is 5.42. The van der Waals surface area contributed by atoms with E-state index in [2.05, 4.69) is 37.2 Å². The predicted molar refractivity (Wildman–Crippen MR) is 74.2 cm³/mol. The fraction of sp³-hybridized carbons (Fsp3) is 0.417. The van der Waals surface area contributed by atoms with Crippen LogP contribution in [0.15, 0.2) is 18.2 Å². The monoisotopic (exact) mass is 383 g/mol. The molecule has 2 nitrogen and oxygen atoms in total. The molecule has 0 unspecified atom stereocenters. The molecule has 1 aromatic rings. The molecule has 0 heterocycles. The molecule has 1 aromatic carbocycles. The average molecular weight is 385 g/mol. The van der Waals surface area contributed by atoms with Crippen LogP contribution < -0.4 is 5.32 Å². The van der Waals surface area contributed by atoms with Crippen LogP contribution in [0.4, 0.5) is 8.78 Å². The third-order valence-corrected chi connectivity index (χ3v) is 4.85. The molecule has 0 saturated carbocycles. The summed E-state index contributed by atoms with van der Waals surface area (Å²) in [5.41, 5.74) is 0.0354. The van der Waals surface area contributed by atoms with Gasteiger partial charge in [-0.05, 0) is 24.6 Å². The number of carbonyl (C=O) groups is 1. The normalized spacial score (nSPS) is 11.4. The van der Waals surface area contributed by atoms with Crippen molar-refractivity contribution in [2.24, 2.45) is 0 Å². The first-order valence-corrected chi connectivity index (χ1v) is 7.51. The number of hydrogen-bond donors (Lipinski definition) is 1. The highest BCUT2D eigenvalue weighted by Crippen LogP contribution is 2.13. The third-order valence-electron chi connectivity index (χ3n) is 2.38. The molecule has 18 heavy (non-hydrogen) atoms. The highest BCUT2D eigenvalue weighted by Gasteiger charge is 2.23. The van der Waals surface area contributed by atoms with Gasteiger partial charge in [-0.1, -0.05) is 37.9 Å². The van der Waals surface area contributed by atoms with Crippen LogP contribution in [0.25, 0.3) is 0 Å². The van der Waals surface area contributed by atoms with Crippen LogP contribution >= 0.6 is 31.9 Å². The van der Waals surface area contributed by atoms with Gasteiger partial charge in [0, 0.05) is 10.7 Å². The van der Waals surface area contributed by atoms with Gasteiger partial charge in [-0.2, -0.15) is 0 Å². The quantitative estimate of drug-likeness (QED) is 0.776. The van der Waals surface area contributed by atoms with Gasteiger partial charge in [0.2, 0.25) is 5.91 Å². The fourth-order valence-electron chi connectivity index (χ4n) is 1.32. The van der Waals surface area contributed by atoms with Gasteiger partial charge in [-0.15, -0.1) is 0 Å². The lowest BCUT2D eigenvalue weighted by Crippen LogP contribution is -2.49. The highest BCUT2D eigenvalue weighted by atomic mass is 79.9. The molecular formula is C12H13Br2F2NO. The number of hydrogen-bond acceptors (Lipinski definition) is 1. The van der Waals surface area contributed by atoms with Crippen molar-refractivity contribution < 1.29 is 13.6 Å². The van der Waals surface area contributed by atoms with Gasteiger partial charge >= 0.3 is 0 Å². The zero-order valence-corrected chi connectivity index (χ0v) is 12.9. The molecule has 1 rings (SSSR count). The van der Waals surface area contributed by atoms with Crippen LogP contribution in [0.5, 0.6) is 0 Å². The fourth-order valence-corrected chi connectivity index (χ4v) is 2.53. The number of amides is 1. The maximum Gasteiger partial charge on any atom is 0.224 e. The Balaban J connectivity index is 2.67. The predicted octanol–water partition coefficient (Wildman–Crippen LogP) is 3.17. The molecule has 100 valence electrons. The van der Waals surface area contributed by atoms with Gasteiger partial charge in [-0.25, -0.2) is 8.78 Å². The molecule has 0 aliphatic heterocycles. The first-order chi connectivity index (χ1) is 8.40. The summed E-state index contributed by atoms with van der Waals surface area (Å²) in [6.07, 6.45) is 0.0206. The largest absolute Gasteiger partial charge is 0.349 e. The van der Waals surface area contributed by atoms with Gasteiger partial charge in [0.05, 0.1) is 12.0 Å². The molecule has 0 aliphatic rings. The number of nitrogens with one attached hydrogen (secondary N) is 1. The van der Waals surface area contributed by atoms with Crippen molar-refractivity contribution in [3.63, 3.8) is 0 Å². The molecule has 0 bridgehead atoms. The lowest BCUT2D eigenvalue weighted by Gasteiger charge is -2.26. The summed E-state index contributed by atoms with van der Waals surface area (Å²) in [4.78, 5) is 11.8. The lowest BCUT2D eigenvalue weighted by atomic mass is 10.1. The van der Waals surface area contributed by atoms with Gasteiger partial charge in [0.1, 0.15) is 0 Å². The van der Waals surface area contributed by atoms with E-state index in [0.717, 1.165) is 12.1 Å². The molecule has 0 fully saturated rings. The van der Waals surface area contributed by atoms with Gasteiger partial charge in [0.25, 0.3) is 0 Å². The first kappa shape index (κ1) is 15.6. The zero-order valence-electron chi connectivity index (χ0n) is 9.77. The lowest BCUT2D eigenvalue weighted by molar-refractivity contribution is -0.121. The molecule has 1 amide bonds. The number of carbonyl (C=O) groups excluding carboxylic acids is 1. The Morgan fingerprint density at radius 1 is 1.28 bits per heavy atom. The summed E-state index contributed by atoms with van der Waals surface area (Å²) in [7, 11) is 0. The first-order valence-electron chi connectivity index (χ1n) is 5.27. The Bertz CT molecular complexity index is 436. The van der Waals surface area contributed by atoms with Crippen LogP contribution in [0, 0.1) is 11.6 Å². The van der Waals surface area contributed by atoms with Crippen molar-refractivity contribution in [1.82, 2.24) is 5.32 Å². The van der Waals surface area contributed by atoms with Crippen molar-refractivity contribution in [2.75, 3.05) is 10.7 Å². The second kappa shape index (κ2) is 6.61. The van der Waals surface area contributed by atoms with E-state index in [9.17, 15) is 13.6 Å². The summed E-state index contributed by atoms with van der Waals surface area (Å²) in [6, 6.07) is 3.46. The smallest absolute Gasteiger partial charge is 0.224 e. The second-order valence-electron chi connectivity index (χ2n) is 4.30. The minimum absolute atomic E-state index is 0.0206. The van der Waals surface area contributed by atoms with Crippen LogP contribution in [0.1, 0.15) is 12.5 Å². The standard InChI is InChI=1S/C12H13Br2F2NO/c1-12(6-13,7-14)17-11(18)5-8-2-3-9(15)10(16)4-8/h2-4H,5-7H2,1H3,(H,17,18). The van der Waals surface area contributed by atoms with Crippen LogP contribution in [-0.4, -0.2) is 22.1 Å². The number of rotatable bonds is 5. The van der Waals surface area contributed by atoms with E-state index in [1.165, 1.54) is 6.07 Å². The zero-order chi connectivity index (χ0) is 13.8. The maximum atomic E-state index is 13.0. The summed E-state index contributed by atoms with van der Waals surface area (Å²) >= 11 is 6.63. The van der Waals surface area contributed by atoms with Crippen molar-refractivity contribution in [1.29, 1.82) is 0 Å². The summed E-state index contributed by atoms with van der Waals surface area (Å²) in [6.45, 7) is 1.87. The summed E-state index contributed by atoms with van der Waals surface area (Å²) in [5, 5.41) is 4.01. The van der Waals surface area contributed by atoms with Crippen molar-refractivity contribution in [3.8, 4) is 0 Å². The Hall–Kier alpha value is -0.490. The molecule has 0 radical (unpaired) electrons. The molecule has 0 aliphatic carbocycles. The minimum atomic E-state index is -0.941. The number of benzene rings is 1. The van der Waals surface area contributed by atoms with E-state index in [4.69, 9.17) is 0 Å². The van der Waals surface area contributed by atoms with Gasteiger partial charge < -0.3 is 5.32 Å². The minimum Gasteiger partial charge on any atom is -0.349 e. The van der Waals surface area contributed by atoms with Gasteiger partial charge in [-0.3, -0.25) is 4.79 Å².